The van der Waals surface area contributed by atoms with Crippen LogP contribution in [-0.4, -0.2) is 18.5 Å². The summed E-state index contributed by atoms with van der Waals surface area (Å²) in [6.07, 6.45) is 8.76. The molecule has 0 aromatic heterocycles. The van der Waals surface area contributed by atoms with E-state index in [2.05, 4.69) is 5.32 Å². The van der Waals surface area contributed by atoms with Gasteiger partial charge in [-0.15, -0.1) is 11.6 Å². The SMILES string of the molecule is ClCCCNC1C2CC3CC(C2)CC1C3. The highest BCUT2D eigenvalue weighted by Gasteiger charge is 2.47. The molecule has 0 aromatic rings. The van der Waals surface area contributed by atoms with Gasteiger partial charge in [-0.1, -0.05) is 0 Å². The quantitative estimate of drug-likeness (QED) is 0.575. The molecule has 1 nitrogen and oxygen atoms in total. The second-order valence-electron chi connectivity index (χ2n) is 5.95. The Labute approximate surface area is 98.0 Å². The molecule has 1 N–H and O–H groups in total. The number of halogens is 1. The lowest BCUT2D eigenvalue weighted by atomic mass is 9.54. The first-order chi connectivity index (χ1) is 7.36. The fourth-order valence-electron chi connectivity index (χ4n) is 4.59. The Hall–Kier alpha value is 0.250. The lowest BCUT2D eigenvalue weighted by molar-refractivity contribution is -0.0134. The van der Waals surface area contributed by atoms with E-state index in [-0.39, 0.29) is 0 Å². The Morgan fingerprint density at radius 2 is 1.53 bits per heavy atom. The number of hydrogen-bond acceptors (Lipinski definition) is 1. The van der Waals surface area contributed by atoms with Crippen LogP contribution >= 0.6 is 11.6 Å². The van der Waals surface area contributed by atoms with Crippen molar-refractivity contribution in [2.75, 3.05) is 12.4 Å². The minimum absolute atomic E-state index is 0.806. The van der Waals surface area contributed by atoms with Crippen LogP contribution in [0.2, 0.25) is 0 Å². The van der Waals surface area contributed by atoms with E-state index in [4.69, 9.17) is 11.6 Å². The van der Waals surface area contributed by atoms with Crippen molar-refractivity contribution in [3.8, 4) is 0 Å². The van der Waals surface area contributed by atoms with E-state index in [9.17, 15) is 0 Å². The van der Waals surface area contributed by atoms with E-state index in [0.717, 1.165) is 48.6 Å². The van der Waals surface area contributed by atoms with Gasteiger partial charge in [0.2, 0.25) is 0 Å². The summed E-state index contributed by atoms with van der Waals surface area (Å²) < 4.78 is 0. The standard InChI is InChI=1S/C13H22ClN/c14-2-1-3-15-13-11-5-9-4-10(7-11)8-12(13)6-9/h9-13,15H,1-8H2. The Morgan fingerprint density at radius 1 is 0.933 bits per heavy atom. The zero-order valence-corrected chi connectivity index (χ0v) is 10.2. The van der Waals surface area contributed by atoms with Gasteiger partial charge in [0, 0.05) is 11.9 Å². The topological polar surface area (TPSA) is 12.0 Å². The fourth-order valence-corrected chi connectivity index (χ4v) is 4.73. The van der Waals surface area contributed by atoms with E-state index in [1.165, 1.54) is 25.7 Å². The number of nitrogens with one attached hydrogen (secondary N) is 1. The monoisotopic (exact) mass is 227 g/mol. The lowest BCUT2D eigenvalue weighted by Gasteiger charge is -2.54. The van der Waals surface area contributed by atoms with Crippen LogP contribution in [0.1, 0.15) is 38.5 Å². The van der Waals surface area contributed by atoms with Crippen LogP contribution in [0.15, 0.2) is 0 Å². The highest BCUT2D eigenvalue weighted by molar-refractivity contribution is 6.17. The molecule has 0 atom stereocenters. The van der Waals surface area contributed by atoms with Crippen molar-refractivity contribution in [1.29, 1.82) is 0 Å². The lowest BCUT2D eigenvalue weighted by Crippen LogP contribution is -2.54. The van der Waals surface area contributed by atoms with Gasteiger partial charge in [-0.2, -0.15) is 0 Å². The maximum atomic E-state index is 5.73. The van der Waals surface area contributed by atoms with Crippen LogP contribution in [0.5, 0.6) is 0 Å². The zero-order valence-electron chi connectivity index (χ0n) is 9.42. The molecule has 4 saturated carbocycles. The molecule has 4 bridgehead atoms. The van der Waals surface area contributed by atoms with Gasteiger partial charge in [0.15, 0.2) is 0 Å². The summed E-state index contributed by atoms with van der Waals surface area (Å²) in [5.41, 5.74) is 0. The third-order valence-corrected chi connectivity index (χ3v) is 5.18. The molecule has 0 saturated heterocycles. The number of alkyl halides is 1. The van der Waals surface area contributed by atoms with Crippen molar-refractivity contribution < 1.29 is 0 Å². The summed E-state index contributed by atoms with van der Waals surface area (Å²) in [5, 5.41) is 3.78. The zero-order chi connectivity index (χ0) is 10.3. The van der Waals surface area contributed by atoms with E-state index >= 15 is 0 Å². The van der Waals surface area contributed by atoms with Gasteiger partial charge in [-0.25, -0.2) is 0 Å². The molecule has 0 aromatic carbocycles. The van der Waals surface area contributed by atoms with Crippen molar-refractivity contribution in [2.24, 2.45) is 23.7 Å². The van der Waals surface area contributed by atoms with E-state index in [1.54, 1.807) is 6.42 Å². The van der Waals surface area contributed by atoms with Crippen LogP contribution in [0.4, 0.5) is 0 Å². The minimum atomic E-state index is 0.806. The summed E-state index contributed by atoms with van der Waals surface area (Å²) in [5.74, 6) is 5.02. The Kier molecular flexibility index (Phi) is 2.95. The van der Waals surface area contributed by atoms with E-state index < -0.39 is 0 Å². The summed E-state index contributed by atoms with van der Waals surface area (Å²) in [6, 6.07) is 0.848. The second kappa shape index (κ2) is 4.25. The molecule has 0 heterocycles. The van der Waals surface area contributed by atoms with Gasteiger partial charge < -0.3 is 5.32 Å². The third-order valence-electron chi connectivity index (χ3n) is 4.92. The molecule has 4 aliphatic carbocycles. The summed E-state index contributed by atoms with van der Waals surface area (Å²) in [4.78, 5) is 0. The number of rotatable bonds is 4. The minimum Gasteiger partial charge on any atom is -0.313 e. The Bertz CT molecular complexity index is 201. The van der Waals surface area contributed by atoms with Crippen LogP contribution in [0, 0.1) is 23.7 Å². The maximum absolute atomic E-state index is 5.73. The highest BCUT2D eigenvalue weighted by atomic mass is 35.5. The van der Waals surface area contributed by atoms with Crippen LogP contribution in [0.3, 0.4) is 0 Å². The first-order valence-electron chi connectivity index (χ1n) is 6.66. The highest BCUT2D eigenvalue weighted by Crippen LogP contribution is 2.53. The van der Waals surface area contributed by atoms with Crippen molar-refractivity contribution >= 4 is 11.6 Å². The molecule has 0 amide bonds. The summed E-state index contributed by atoms with van der Waals surface area (Å²) >= 11 is 5.73. The molecule has 0 unspecified atom stereocenters. The molecule has 0 spiro atoms. The largest absolute Gasteiger partial charge is 0.313 e. The molecule has 4 aliphatic rings. The van der Waals surface area contributed by atoms with Gasteiger partial charge in [0.05, 0.1) is 0 Å². The predicted octanol–water partition coefficient (Wildman–Crippen LogP) is 3.03. The van der Waals surface area contributed by atoms with Crippen LogP contribution in [0.25, 0.3) is 0 Å². The summed E-state index contributed by atoms with van der Waals surface area (Å²) in [6.45, 7) is 1.14. The van der Waals surface area contributed by atoms with Crippen LogP contribution in [-0.2, 0) is 0 Å². The van der Waals surface area contributed by atoms with Gasteiger partial charge in [-0.05, 0) is 68.7 Å². The first kappa shape index (κ1) is 10.4. The van der Waals surface area contributed by atoms with Gasteiger partial charge in [0.25, 0.3) is 0 Å². The molecule has 86 valence electrons. The van der Waals surface area contributed by atoms with Crippen molar-refractivity contribution in [1.82, 2.24) is 5.32 Å². The number of hydrogen-bond donors (Lipinski definition) is 1. The first-order valence-corrected chi connectivity index (χ1v) is 7.19. The molecule has 0 aliphatic heterocycles. The Morgan fingerprint density at radius 3 is 2.07 bits per heavy atom. The smallest absolute Gasteiger partial charge is 0.0235 e. The molecule has 0 radical (unpaired) electrons. The van der Waals surface area contributed by atoms with Crippen molar-refractivity contribution in [3.05, 3.63) is 0 Å². The average molecular weight is 228 g/mol. The maximum Gasteiger partial charge on any atom is 0.0235 e. The molecule has 4 rings (SSSR count). The summed E-state index contributed by atoms with van der Waals surface area (Å²) in [7, 11) is 0. The fraction of sp³-hybridized carbons (Fsp3) is 1.00. The second-order valence-corrected chi connectivity index (χ2v) is 6.33. The molecular formula is C13H22ClN. The van der Waals surface area contributed by atoms with E-state index in [0.29, 0.717) is 0 Å². The van der Waals surface area contributed by atoms with Gasteiger partial charge in [-0.3, -0.25) is 0 Å². The molecule has 4 fully saturated rings. The third kappa shape index (κ3) is 1.93. The molecule has 2 heteroatoms. The van der Waals surface area contributed by atoms with Crippen molar-refractivity contribution in [3.63, 3.8) is 0 Å². The molecular weight excluding hydrogens is 206 g/mol. The van der Waals surface area contributed by atoms with E-state index in [1.807, 2.05) is 0 Å². The Balaban J connectivity index is 1.60. The van der Waals surface area contributed by atoms with Crippen molar-refractivity contribution in [2.45, 2.75) is 44.6 Å². The molecule has 15 heavy (non-hydrogen) atoms. The van der Waals surface area contributed by atoms with Gasteiger partial charge in [0.1, 0.15) is 0 Å². The van der Waals surface area contributed by atoms with Gasteiger partial charge >= 0.3 is 0 Å². The van der Waals surface area contributed by atoms with Crippen LogP contribution < -0.4 is 5.32 Å². The predicted molar refractivity (Wildman–Crippen MR) is 64.2 cm³/mol. The average Bonchev–Trinajstić information content (AvgIpc) is 2.21. The normalized spacial score (nSPS) is 47.4.